The lowest BCUT2D eigenvalue weighted by Crippen LogP contribution is -1.97. The molecule has 0 radical (unpaired) electrons. The molecule has 0 aliphatic heterocycles. The summed E-state index contributed by atoms with van der Waals surface area (Å²) in [5.74, 6) is 0.575. The van der Waals surface area contributed by atoms with Gasteiger partial charge in [-0.25, -0.2) is 4.98 Å². The lowest BCUT2D eigenvalue weighted by molar-refractivity contribution is -0.137. The van der Waals surface area contributed by atoms with E-state index < -0.39 is 5.97 Å². The van der Waals surface area contributed by atoms with E-state index in [1.807, 2.05) is 60.7 Å². The van der Waals surface area contributed by atoms with Crippen LogP contribution in [0.5, 0.6) is 0 Å². The summed E-state index contributed by atoms with van der Waals surface area (Å²) in [7, 11) is 0. The summed E-state index contributed by atoms with van der Waals surface area (Å²) in [6, 6.07) is 19.9. The normalized spacial score (nSPS) is 10.9. The highest BCUT2D eigenvalue weighted by molar-refractivity contribution is 5.76. The first-order valence-corrected chi connectivity index (χ1v) is 9.64. The van der Waals surface area contributed by atoms with Crippen molar-refractivity contribution >= 4 is 5.97 Å². The molecule has 1 heterocycles. The predicted molar refractivity (Wildman–Crippen MR) is 108 cm³/mol. The molecular weight excluding hydrogens is 354 g/mol. The van der Waals surface area contributed by atoms with Crippen LogP contribution in [0.3, 0.4) is 0 Å². The molecule has 0 bridgehead atoms. The van der Waals surface area contributed by atoms with Gasteiger partial charge >= 0.3 is 5.97 Å². The first kappa shape index (κ1) is 19.8. The zero-order valence-corrected chi connectivity index (χ0v) is 15.8. The number of hydrogen-bond acceptors (Lipinski definition) is 4. The lowest BCUT2D eigenvalue weighted by atomic mass is 10.1. The number of carboxylic acids is 1. The summed E-state index contributed by atoms with van der Waals surface area (Å²) >= 11 is 0. The number of unbranched alkanes of at least 4 members (excludes halogenated alkanes) is 3. The number of oxazole rings is 1. The van der Waals surface area contributed by atoms with Crippen LogP contribution < -0.4 is 0 Å². The molecule has 1 N–H and O–H groups in total. The van der Waals surface area contributed by atoms with Crippen LogP contribution in [0.2, 0.25) is 0 Å². The van der Waals surface area contributed by atoms with E-state index in [-0.39, 0.29) is 6.42 Å². The highest BCUT2D eigenvalue weighted by atomic mass is 16.5. The van der Waals surface area contributed by atoms with Crippen molar-refractivity contribution in [2.45, 2.75) is 38.7 Å². The molecule has 1 aromatic heterocycles. The number of hydrogen-bond donors (Lipinski definition) is 1. The van der Waals surface area contributed by atoms with Gasteiger partial charge in [0.15, 0.2) is 5.76 Å². The smallest absolute Gasteiger partial charge is 0.303 e. The first-order valence-electron chi connectivity index (χ1n) is 9.64. The third-order valence-electron chi connectivity index (χ3n) is 4.41. The Bertz CT molecular complexity index is 802. The van der Waals surface area contributed by atoms with Crippen molar-refractivity contribution in [1.82, 2.24) is 4.98 Å². The topological polar surface area (TPSA) is 72.6 Å². The van der Waals surface area contributed by atoms with Crippen LogP contribution in [0.1, 0.15) is 38.0 Å². The molecule has 0 fully saturated rings. The Kier molecular flexibility index (Phi) is 7.38. The van der Waals surface area contributed by atoms with Crippen molar-refractivity contribution in [3.8, 4) is 22.6 Å². The summed E-state index contributed by atoms with van der Waals surface area (Å²) in [6.07, 6.45) is 3.73. The molecule has 0 saturated heterocycles. The van der Waals surface area contributed by atoms with Gasteiger partial charge in [-0.3, -0.25) is 4.79 Å². The minimum absolute atomic E-state index is 0.238. The molecule has 28 heavy (non-hydrogen) atoms. The van der Waals surface area contributed by atoms with Crippen LogP contribution in [0.15, 0.2) is 65.1 Å². The molecule has 0 aliphatic carbocycles. The van der Waals surface area contributed by atoms with E-state index in [0.717, 1.165) is 48.3 Å². The van der Waals surface area contributed by atoms with E-state index in [0.29, 0.717) is 19.1 Å². The number of aliphatic carboxylic acids is 1. The molecule has 5 nitrogen and oxygen atoms in total. The van der Waals surface area contributed by atoms with Crippen molar-refractivity contribution in [2.75, 3.05) is 6.61 Å². The Morgan fingerprint density at radius 2 is 1.54 bits per heavy atom. The molecular formula is C23H25NO4. The number of nitrogens with zero attached hydrogens (tertiary/aromatic N) is 1. The van der Waals surface area contributed by atoms with Gasteiger partial charge in [-0.2, -0.15) is 0 Å². The molecule has 0 saturated carbocycles. The van der Waals surface area contributed by atoms with E-state index in [9.17, 15) is 4.79 Å². The Labute approximate surface area is 165 Å². The number of aromatic nitrogens is 1. The summed E-state index contributed by atoms with van der Waals surface area (Å²) in [5.41, 5.74) is 2.81. The van der Waals surface area contributed by atoms with Crippen LogP contribution in [-0.2, 0) is 16.1 Å². The number of ether oxygens (including phenoxy) is 1. The van der Waals surface area contributed by atoms with Gasteiger partial charge in [0.25, 0.3) is 0 Å². The van der Waals surface area contributed by atoms with Gasteiger partial charge in [0.05, 0.1) is 0 Å². The van der Waals surface area contributed by atoms with Crippen molar-refractivity contribution in [3.63, 3.8) is 0 Å². The molecule has 0 unspecified atom stereocenters. The molecule has 0 aliphatic rings. The summed E-state index contributed by atoms with van der Waals surface area (Å²) in [6.45, 7) is 0.929. The largest absolute Gasteiger partial charge is 0.481 e. The quantitative estimate of drug-likeness (QED) is 0.442. The number of benzene rings is 2. The minimum Gasteiger partial charge on any atom is -0.481 e. The van der Waals surface area contributed by atoms with E-state index in [1.54, 1.807) is 0 Å². The Morgan fingerprint density at radius 3 is 2.21 bits per heavy atom. The van der Waals surface area contributed by atoms with Crippen LogP contribution in [0.25, 0.3) is 22.6 Å². The molecule has 146 valence electrons. The maximum absolute atomic E-state index is 10.5. The number of rotatable bonds is 11. The van der Waals surface area contributed by atoms with Crippen LogP contribution in [-0.4, -0.2) is 22.7 Å². The predicted octanol–water partition coefficient (Wildman–Crippen LogP) is 5.56. The maximum Gasteiger partial charge on any atom is 0.303 e. The third-order valence-corrected chi connectivity index (χ3v) is 4.41. The van der Waals surface area contributed by atoms with Gasteiger partial charge in [-0.15, -0.1) is 0 Å². The monoisotopic (exact) mass is 379 g/mol. The zero-order chi connectivity index (χ0) is 19.6. The molecule has 0 atom stereocenters. The van der Waals surface area contributed by atoms with E-state index >= 15 is 0 Å². The Morgan fingerprint density at radius 1 is 0.893 bits per heavy atom. The van der Waals surface area contributed by atoms with Gasteiger partial charge in [0.2, 0.25) is 5.89 Å². The summed E-state index contributed by atoms with van der Waals surface area (Å²) < 4.78 is 11.7. The molecule has 5 heteroatoms. The van der Waals surface area contributed by atoms with E-state index in [4.69, 9.17) is 14.3 Å². The number of carbonyl (C=O) groups is 1. The Hall–Kier alpha value is -2.92. The van der Waals surface area contributed by atoms with Gasteiger partial charge in [-0.05, 0) is 12.8 Å². The molecule has 3 rings (SSSR count). The molecule has 3 aromatic rings. The molecule has 2 aromatic carbocycles. The van der Waals surface area contributed by atoms with Crippen LogP contribution in [0, 0.1) is 0 Å². The van der Waals surface area contributed by atoms with Crippen molar-refractivity contribution in [1.29, 1.82) is 0 Å². The second-order valence-corrected chi connectivity index (χ2v) is 6.63. The molecule has 0 spiro atoms. The minimum atomic E-state index is -0.733. The average Bonchev–Trinajstić information content (AvgIpc) is 3.15. The van der Waals surface area contributed by atoms with E-state index in [2.05, 4.69) is 4.98 Å². The second kappa shape index (κ2) is 10.4. The van der Waals surface area contributed by atoms with Crippen molar-refractivity contribution in [3.05, 3.63) is 66.6 Å². The zero-order valence-electron chi connectivity index (χ0n) is 15.8. The van der Waals surface area contributed by atoms with Gasteiger partial charge in [-0.1, -0.05) is 73.5 Å². The van der Waals surface area contributed by atoms with Crippen molar-refractivity contribution in [2.24, 2.45) is 0 Å². The van der Waals surface area contributed by atoms with Gasteiger partial charge in [0, 0.05) is 24.2 Å². The lowest BCUT2D eigenvalue weighted by Gasteiger charge is -2.01. The van der Waals surface area contributed by atoms with E-state index in [1.165, 1.54) is 0 Å². The fourth-order valence-corrected chi connectivity index (χ4v) is 3.00. The standard InChI is InChI=1S/C23H25NO4/c25-21(26)15-9-1-2-10-16-27-17-20-24-22(18-11-5-3-6-12-18)23(28-20)19-13-7-4-8-14-19/h3-8,11-14H,1-2,9-10,15-17H2,(H,25,26). The van der Waals surface area contributed by atoms with Gasteiger partial charge in [0.1, 0.15) is 12.3 Å². The van der Waals surface area contributed by atoms with Crippen molar-refractivity contribution < 1.29 is 19.1 Å². The summed E-state index contributed by atoms with van der Waals surface area (Å²) in [4.78, 5) is 15.2. The fourth-order valence-electron chi connectivity index (χ4n) is 3.00. The summed E-state index contributed by atoms with van der Waals surface area (Å²) in [5, 5.41) is 8.63. The SMILES string of the molecule is O=C(O)CCCCCCOCc1nc(-c2ccccc2)c(-c2ccccc2)o1. The van der Waals surface area contributed by atoms with Crippen LogP contribution >= 0.6 is 0 Å². The third kappa shape index (κ3) is 5.79. The first-order chi connectivity index (χ1) is 13.7. The average molecular weight is 379 g/mol. The maximum atomic E-state index is 10.5. The number of carboxylic acid groups (broad SMARTS) is 1. The highest BCUT2D eigenvalue weighted by Gasteiger charge is 2.16. The molecule has 0 amide bonds. The Balaban J connectivity index is 1.58. The van der Waals surface area contributed by atoms with Gasteiger partial charge < -0.3 is 14.3 Å². The fraction of sp³-hybridized carbons (Fsp3) is 0.304. The highest BCUT2D eigenvalue weighted by Crippen LogP contribution is 2.32. The second-order valence-electron chi connectivity index (χ2n) is 6.63. The van der Waals surface area contributed by atoms with Crippen LogP contribution in [0.4, 0.5) is 0 Å².